The lowest BCUT2D eigenvalue weighted by Gasteiger charge is -2.19. The summed E-state index contributed by atoms with van der Waals surface area (Å²) in [6.07, 6.45) is 1.51. The molecule has 1 aliphatic rings. The van der Waals surface area contributed by atoms with E-state index in [0.717, 1.165) is 0 Å². The van der Waals surface area contributed by atoms with Crippen LogP contribution in [0.1, 0.15) is 16.1 Å². The first kappa shape index (κ1) is 16.2. The molecule has 1 amide bonds. The van der Waals surface area contributed by atoms with Gasteiger partial charge in [-0.1, -0.05) is 11.6 Å². The molecule has 0 radical (unpaired) electrons. The maximum atomic E-state index is 12.0. The van der Waals surface area contributed by atoms with Gasteiger partial charge in [-0.15, -0.1) is 0 Å². The van der Waals surface area contributed by atoms with Crippen molar-refractivity contribution in [3.05, 3.63) is 46.9 Å². The van der Waals surface area contributed by atoms with Gasteiger partial charge < -0.3 is 23.9 Å². The van der Waals surface area contributed by atoms with Crippen molar-refractivity contribution in [1.82, 2.24) is 5.32 Å². The first-order chi connectivity index (χ1) is 11.6. The van der Waals surface area contributed by atoms with Crippen molar-refractivity contribution in [2.75, 3.05) is 19.8 Å². The van der Waals surface area contributed by atoms with Gasteiger partial charge in [-0.2, -0.15) is 0 Å². The van der Waals surface area contributed by atoms with Crippen LogP contribution in [-0.4, -0.2) is 31.7 Å². The van der Waals surface area contributed by atoms with Gasteiger partial charge in [-0.25, -0.2) is 4.79 Å². The number of rotatable bonds is 5. The van der Waals surface area contributed by atoms with Gasteiger partial charge in [-0.05, 0) is 24.3 Å². The fourth-order valence-electron chi connectivity index (χ4n) is 2.09. The third kappa shape index (κ3) is 3.80. The van der Waals surface area contributed by atoms with Gasteiger partial charge in [0.05, 0.1) is 23.4 Å². The summed E-state index contributed by atoms with van der Waals surface area (Å²) in [5, 5.41) is 2.82. The van der Waals surface area contributed by atoms with E-state index in [9.17, 15) is 9.59 Å². The number of esters is 1. The summed E-state index contributed by atoms with van der Waals surface area (Å²) in [5.41, 5.74) is 0.183. The summed E-state index contributed by atoms with van der Waals surface area (Å²) < 4.78 is 20.8. The quantitative estimate of drug-likeness (QED) is 0.831. The minimum atomic E-state index is -0.679. The van der Waals surface area contributed by atoms with E-state index in [1.54, 1.807) is 12.1 Å². The molecule has 0 bridgehead atoms. The molecule has 8 heteroatoms. The molecule has 0 unspecified atom stereocenters. The van der Waals surface area contributed by atoms with E-state index in [1.807, 2.05) is 0 Å². The molecule has 1 aliphatic heterocycles. The van der Waals surface area contributed by atoms with Gasteiger partial charge >= 0.3 is 5.97 Å². The minimum absolute atomic E-state index is 0.183. The Kier molecular flexibility index (Phi) is 4.90. The molecular formula is C16H14ClNO6. The van der Waals surface area contributed by atoms with E-state index in [0.29, 0.717) is 30.5 Å². The highest BCUT2D eigenvalue weighted by Gasteiger charge is 2.20. The Balaban J connectivity index is 1.55. The second-order valence-corrected chi connectivity index (χ2v) is 5.32. The lowest BCUT2D eigenvalue weighted by atomic mass is 10.2. The van der Waals surface area contributed by atoms with Gasteiger partial charge in [0.1, 0.15) is 19.0 Å². The van der Waals surface area contributed by atoms with Gasteiger partial charge in [0, 0.05) is 0 Å². The molecule has 24 heavy (non-hydrogen) atoms. The van der Waals surface area contributed by atoms with Crippen molar-refractivity contribution in [2.24, 2.45) is 0 Å². The highest BCUT2D eigenvalue weighted by atomic mass is 35.5. The van der Waals surface area contributed by atoms with Crippen molar-refractivity contribution in [3.63, 3.8) is 0 Å². The molecular weight excluding hydrogens is 338 g/mol. The van der Waals surface area contributed by atoms with Crippen LogP contribution >= 0.6 is 11.6 Å². The fourth-order valence-corrected chi connectivity index (χ4v) is 2.36. The zero-order chi connectivity index (χ0) is 16.9. The molecule has 1 aromatic carbocycles. The molecule has 0 aliphatic carbocycles. The number of amides is 1. The first-order valence-corrected chi connectivity index (χ1v) is 7.56. The maximum absolute atomic E-state index is 12.0. The van der Waals surface area contributed by atoms with E-state index >= 15 is 0 Å². The SMILES string of the molecule is O=C(COC(=O)c1cc(Cl)c2c(c1)OCCO2)NCc1ccco1. The number of furan rings is 1. The second kappa shape index (κ2) is 7.27. The monoisotopic (exact) mass is 351 g/mol. The first-order valence-electron chi connectivity index (χ1n) is 7.19. The fraction of sp³-hybridized carbons (Fsp3) is 0.250. The van der Waals surface area contributed by atoms with Crippen molar-refractivity contribution >= 4 is 23.5 Å². The lowest BCUT2D eigenvalue weighted by molar-refractivity contribution is -0.124. The Morgan fingerprint density at radius 3 is 2.88 bits per heavy atom. The average Bonchev–Trinajstić information content (AvgIpc) is 3.11. The van der Waals surface area contributed by atoms with Gasteiger partial charge in [0.2, 0.25) is 0 Å². The van der Waals surface area contributed by atoms with Crippen LogP contribution in [0.3, 0.4) is 0 Å². The van der Waals surface area contributed by atoms with E-state index in [-0.39, 0.29) is 17.1 Å². The highest BCUT2D eigenvalue weighted by Crippen LogP contribution is 2.38. The molecule has 2 heterocycles. The molecule has 1 N–H and O–H groups in total. The van der Waals surface area contributed by atoms with Crippen LogP contribution < -0.4 is 14.8 Å². The molecule has 0 saturated carbocycles. The van der Waals surface area contributed by atoms with Crippen LogP contribution in [0.25, 0.3) is 0 Å². The van der Waals surface area contributed by atoms with Crippen molar-refractivity contribution in [2.45, 2.75) is 6.54 Å². The Bertz CT molecular complexity index is 743. The highest BCUT2D eigenvalue weighted by molar-refractivity contribution is 6.32. The van der Waals surface area contributed by atoms with Crippen LogP contribution in [0.15, 0.2) is 34.9 Å². The molecule has 0 spiro atoms. The number of benzene rings is 1. The molecule has 3 rings (SSSR count). The smallest absolute Gasteiger partial charge is 0.338 e. The van der Waals surface area contributed by atoms with E-state index < -0.39 is 18.5 Å². The number of hydrogen-bond acceptors (Lipinski definition) is 6. The number of ether oxygens (including phenoxy) is 3. The van der Waals surface area contributed by atoms with Crippen molar-refractivity contribution < 1.29 is 28.2 Å². The van der Waals surface area contributed by atoms with Crippen LogP contribution in [0, 0.1) is 0 Å². The van der Waals surface area contributed by atoms with Crippen LogP contribution in [0.2, 0.25) is 5.02 Å². The number of carbonyl (C=O) groups excluding carboxylic acids is 2. The summed E-state index contributed by atoms with van der Waals surface area (Å²) in [6, 6.07) is 6.33. The van der Waals surface area contributed by atoms with E-state index in [4.69, 9.17) is 30.2 Å². The lowest BCUT2D eigenvalue weighted by Crippen LogP contribution is -2.28. The molecule has 7 nitrogen and oxygen atoms in total. The van der Waals surface area contributed by atoms with E-state index in [1.165, 1.54) is 18.4 Å². The standard InChI is InChI=1S/C16H14ClNO6/c17-12-6-10(7-13-15(12)23-5-4-22-13)16(20)24-9-14(19)18-8-11-2-1-3-21-11/h1-3,6-7H,4-5,8-9H2,(H,18,19). The van der Waals surface area contributed by atoms with Gasteiger partial charge in [0.15, 0.2) is 18.1 Å². The topological polar surface area (TPSA) is 87.0 Å². The Hall–Kier alpha value is -2.67. The summed E-state index contributed by atoms with van der Waals surface area (Å²) in [6.45, 7) is 0.578. The van der Waals surface area contributed by atoms with Gasteiger partial charge in [0.25, 0.3) is 5.91 Å². The number of nitrogens with one attached hydrogen (secondary N) is 1. The average molecular weight is 352 g/mol. The van der Waals surface area contributed by atoms with Crippen molar-refractivity contribution in [1.29, 1.82) is 0 Å². The molecule has 126 valence electrons. The number of halogens is 1. The predicted octanol–water partition coefficient (Wildman–Crippen LogP) is 2.18. The molecule has 1 aromatic heterocycles. The van der Waals surface area contributed by atoms with E-state index in [2.05, 4.69) is 5.32 Å². The number of carbonyl (C=O) groups is 2. The largest absolute Gasteiger partial charge is 0.486 e. The Labute approximate surface area is 142 Å². The summed E-state index contributed by atoms with van der Waals surface area (Å²) in [5.74, 6) is 0.261. The van der Waals surface area contributed by atoms with Crippen LogP contribution in [0.4, 0.5) is 0 Å². The summed E-state index contributed by atoms with van der Waals surface area (Å²) in [4.78, 5) is 23.7. The third-order valence-corrected chi connectivity index (χ3v) is 3.49. The number of fused-ring (bicyclic) bond motifs is 1. The predicted molar refractivity (Wildman–Crippen MR) is 83.3 cm³/mol. The van der Waals surface area contributed by atoms with Crippen LogP contribution in [0.5, 0.6) is 11.5 Å². The zero-order valence-electron chi connectivity index (χ0n) is 12.5. The van der Waals surface area contributed by atoms with Gasteiger partial charge in [-0.3, -0.25) is 4.79 Å². The number of hydrogen-bond donors (Lipinski definition) is 1. The van der Waals surface area contributed by atoms with Crippen molar-refractivity contribution in [3.8, 4) is 11.5 Å². The molecule has 2 aromatic rings. The normalized spacial score (nSPS) is 12.5. The molecule has 0 fully saturated rings. The molecule has 0 saturated heterocycles. The molecule has 0 atom stereocenters. The summed E-state index contributed by atoms with van der Waals surface area (Å²) in [7, 11) is 0. The minimum Gasteiger partial charge on any atom is -0.486 e. The Morgan fingerprint density at radius 1 is 1.25 bits per heavy atom. The second-order valence-electron chi connectivity index (χ2n) is 4.91. The van der Waals surface area contributed by atoms with Crippen LogP contribution in [-0.2, 0) is 16.1 Å². The maximum Gasteiger partial charge on any atom is 0.338 e. The summed E-state index contributed by atoms with van der Waals surface area (Å²) >= 11 is 6.06. The third-order valence-electron chi connectivity index (χ3n) is 3.21. The zero-order valence-corrected chi connectivity index (χ0v) is 13.3. The Morgan fingerprint density at radius 2 is 2.08 bits per heavy atom.